The zero-order valence-electron chi connectivity index (χ0n) is 10.6. The summed E-state index contributed by atoms with van der Waals surface area (Å²) in [5, 5.41) is 5.29. The molecule has 0 aliphatic rings. The van der Waals surface area contributed by atoms with Crippen molar-refractivity contribution in [2.45, 2.75) is 4.90 Å². The van der Waals surface area contributed by atoms with E-state index in [4.69, 9.17) is 0 Å². The van der Waals surface area contributed by atoms with Crippen molar-refractivity contribution in [2.24, 2.45) is 7.05 Å². The van der Waals surface area contributed by atoms with Gasteiger partial charge in [0.2, 0.25) is 10.0 Å². The number of hydrogen-bond acceptors (Lipinski definition) is 4. The first-order valence-corrected chi connectivity index (χ1v) is 6.93. The summed E-state index contributed by atoms with van der Waals surface area (Å²) in [7, 11) is 1.29. The summed E-state index contributed by atoms with van der Waals surface area (Å²) >= 11 is 0. The number of likely N-dealkylation sites (N-methyl/N-ethyl adjacent to an activating group) is 1. The quantitative estimate of drug-likeness (QED) is 0.573. The summed E-state index contributed by atoms with van der Waals surface area (Å²) in [5.74, 6) is -0.325. The molecule has 0 aromatic carbocycles. The molecular weight excluding hydrogens is 256 g/mol. The predicted octanol–water partition coefficient (Wildman–Crippen LogP) is -1.12. The molecule has 1 heterocycles. The molecule has 18 heavy (non-hydrogen) atoms. The minimum Gasteiger partial charge on any atom is -0.354 e. The van der Waals surface area contributed by atoms with E-state index in [9.17, 15) is 13.2 Å². The number of nitrogens with one attached hydrogen (secondary N) is 3. The van der Waals surface area contributed by atoms with Gasteiger partial charge in [-0.15, -0.1) is 0 Å². The van der Waals surface area contributed by atoms with Crippen molar-refractivity contribution in [3.63, 3.8) is 0 Å². The summed E-state index contributed by atoms with van der Waals surface area (Å²) in [6, 6.07) is 1.35. The molecule has 0 radical (unpaired) electrons. The zero-order valence-corrected chi connectivity index (χ0v) is 11.5. The lowest BCUT2D eigenvalue weighted by atomic mass is 10.4. The number of hydrogen-bond donors (Lipinski definition) is 3. The van der Waals surface area contributed by atoms with Crippen molar-refractivity contribution in [1.82, 2.24) is 19.9 Å². The lowest BCUT2D eigenvalue weighted by Crippen LogP contribution is -2.30. The standard InChI is InChI=1S/C10H18N4O3S/c1-11-4-5-13-18(16,17)8-6-9(10(15)12-2)14(3)7-8/h6-7,11,13H,4-5H2,1-3H3,(H,12,15). The molecule has 0 bridgehead atoms. The molecular formula is C10H18N4O3S. The number of aromatic nitrogens is 1. The van der Waals surface area contributed by atoms with Gasteiger partial charge >= 0.3 is 0 Å². The van der Waals surface area contributed by atoms with Crippen LogP contribution in [0.4, 0.5) is 0 Å². The largest absolute Gasteiger partial charge is 0.354 e. The Hall–Kier alpha value is -1.38. The van der Waals surface area contributed by atoms with Gasteiger partial charge < -0.3 is 15.2 Å². The van der Waals surface area contributed by atoms with Crippen LogP contribution in [-0.2, 0) is 17.1 Å². The average molecular weight is 274 g/mol. The first-order valence-electron chi connectivity index (χ1n) is 5.45. The predicted molar refractivity (Wildman–Crippen MR) is 67.9 cm³/mol. The van der Waals surface area contributed by atoms with E-state index in [0.717, 1.165) is 0 Å². The van der Waals surface area contributed by atoms with Crippen LogP contribution in [0.2, 0.25) is 0 Å². The van der Waals surface area contributed by atoms with Crippen LogP contribution in [-0.4, -0.2) is 46.1 Å². The van der Waals surface area contributed by atoms with Gasteiger partial charge in [0.05, 0.1) is 0 Å². The maximum atomic E-state index is 11.9. The minimum atomic E-state index is -3.57. The van der Waals surface area contributed by atoms with Gasteiger partial charge in [-0.05, 0) is 13.1 Å². The highest BCUT2D eigenvalue weighted by atomic mass is 32.2. The molecule has 1 rings (SSSR count). The second-order valence-electron chi connectivity index (χ2n) is 3.75. The first kappa shape index (κ1) is 14.7. The number of aryl methyl sites for hydroxylation is 1. The highest BCUT2D eigenvalue weighted by molar-refractivity contribution is 7.89. The van der Waals surface area contributed by atoms with E-state index in [0.29, 0.717) is 18.8 Å². The molecule has 0 fully saturated rings. The fourth-order valence-corrected chi connectivity index (χ4v) is 2.53. The zero-order chi connectivity index (χ0) is 13.8. The van der Waals surface area contributed by atoms with Gasteiger partial charge in [-0.3, -0.25) is 4.79 Å². The van der Waals surface area contributed by atoms with Gasteiger partial charge in [-0.25, -0.2) is 13.1 Å². The van der Waals surface area contributed by atoms with Crippen LogP contribution in [0.15, 0.2) is 17.2 Å². The summed E-state index contributed by atoms with van der Waals surface area (Å²) in [6.07, 6.45) is 1.41. The third-order valence-electron chi connectivity index (χ3n) is 2.42. The Morgan fingerprint density at radius 3 is 2.56 bits per heavy atom. The number of sulfonamides is 1. The van der Waals surface area contributed by atoms with E-state index >= 15 is 0 Å². The Kier molecular flexibility index (Phi) is 4.88. The molecule has 0 unspecified atom stereocenters. The van der Waals surface area contributed by atoms with Crippen LogP contribution in [0, 0.1) is 0 Å². The van der Waals surface area contributed by atoms with E-state index < -0.39 is 10.0 Å². The van der Waals surface area contributed by atoms with Crippen LogP contribution in [0.1, 0.15) is 10.5 Å². The van der Waals surface area contributed by atoms with Gasteiger partial charge in [-0.1, -0.05) is 0 Å². The Morgan fingerprint density at radius 1 is 1.33 bits per heavy atom. The minimum absolute atomic E-state index is 0.0831. The van der Waals surface area contributed by atoms with E-state index in [1.165, 1.54) is 23.9 Å². The maximum Gasteiger partial charge on any atom is 0.267 e. The van der Waals surface area contributed by atoms with Gasteiger partial charge in [-0.2, -0.15) is 0 Å². The molecule has 1 aromatic rings. The Balaban J connectivity index is 2.93. The summed E-state index contributed by atoms with van der Waals surface area (Å²) in [4.78, 5) is 11.6. The van der Waals surface area contributed by atoms with E-state index in [2.05, 4.69) is 15.4 Å². The van der Waals surface area contributed by atoms with Crippen LogP contribution < -0.4 is 15.4 Å². The molecule has 7 nitrogen and oxygen atoms in total. The third kappa shape index (κ3) is 3.31. The van der Waals surface area contributed by atoms with Gasteiger partial charge in [0, 0.05) is 33.4 Å². The summed E-state index contributed by atoms with van der Waals surface area (Å²) in [6.45, 7) is 0.831. The molecule has 0 saturated carbocycles. The number of nitrogens with zero attached hydrogens (tertiary/aromatic N) is 1. The smallest absolute Gasteiger partial charge is 0.267 e. The van der Waals surface area contributed by atoms with Crippen molar-refractivity contribution < 1.29 is 13.2 Å². The Bertz CT molecular complexity index is 521. The van der Waals surface area contributed by atoms with E-state index in [1.807, 2.05) is 0 Å². The molecule has 0 atom stereocenters. The topological polar surface area (TPSA) is 92.2 Å². The number of carbonyl (C=O) groups is 1. The SMILES string of the molecule is CNCCNS(=O)(=O)c1cc(C(=O)NC)n(C)c1. The van der Waals surface area contributed by atoms with Gasteiger partial charge in [0.25, 0.3) is 5.91 Å². The van der Waals surface area contributed by atoms with Crippen LogP contribution in [0.25, 0.3) is 0 Å². The number of carbonyl (C=O) groups excluding carboxylic acids is 1. The van der Waals surface area contributed by atoms with E-state index in [1.54, 1.807) is 14.1 Å². The van der Waals surface area contributed by atoms with Crippen molar-refractivity contribution in [3.05, 3.63) is 18.0 Å². The molecule has 102 valence electrons. The molecule has 3 N–H and O–H groups in total. The maximum absolute atomic E-state index is 11.9. The number of rotatable bonds is 6. The summed E-state index contributed by atoms with van der Waals surface area (Å²) in [5.41, 5.74) is 0.298. The fourth-order valence-electron chi connectivity index (χ4n) is 1.43. The second-order valence-corrected chi connectivity index (χ2v) is 5.52. The highest BCUT2D eigenvalue weighted by Crippen LogP contribution is 2.13. The molecule has 0 aliphatic carbocycles. The monoisotopic (exact) mass is 274 g/mol. The molecule has 0 saturated heterocycles. The Labute approximate surface area is 107 Å². The van der Waals surface area contributed by atoms with E-state index in [-0.39, 0.29) is 10.8 Å². The average Bonchev–Trinajstić information content (AvgIpc) is 2.71. The van der Waals surface area contributed by atoms with Crippen LogP contribution in [0.5, 0.6) is 0 Å². The second kappa shape index (κ2) is 5.98. The third-order valence-corrected chi connectivity index (χ3v) is 3.84. The lowest BCUT2D eigenvalue weighted by molar-refractivity contribution is 0.0955. The van der Waals surface area contributed by atoms with Crippen LogP contribution >= 0.6 is 0 Å². The first-order chi connectivity index (χ1) is 8.42. The molecule has 1 amide bonds. The van der Waals surface area contributed by atoms with Gasteiger partial charge in [0.15, 0.2) is 0 Å². The normalized spacial score (nSPS) is 11.5. The molecule has 8 heteroatoms. The fraction of sp³-hybridized carbons (Fsp3) is 0.500. The lowest BCUT2D eigenvalue weighted by Gasteiger charge is -2.03. The highest BCUT2D eigenvalue weighted by Gasteiger charge is 2.19. The number of amides is 1. The van der Waals surface area contributed by atoms with Crippen LogP contribution in [0.3, 0.4) is 0 Å². The summed E-state index contributed by atoms with van der Waals surface area (Å²) < 4.78 is 27.7. The van der Waals surface area contributed by atoms with Crippen molar-refractivity contribution >= 4 is 15.9 Å². The Morgan fingerprint density at radius 2 is 2.00 bits per heavy atom. The molecule has 0 aliphatic heterocycles. The van der Waals surface area contributed by atoms with Crippen molar-refractivity contribution in [3.8, 4) is 0 Å². The van der Waals surface area contributed by atoms with Crippen molar-refractivity contribution in [1.29, 1.82) is 0 Å². The van der Waals surface area contributed by atoms with Crippen molar-refractivity contribution in [2.75, 3.05) is 27.2 Å². The molecule has 0 spiro atoms. The van der Waals surface area contributed by atoms with Gasteiger partial charge in [0.1, 0.15) is 10.6 Å². The molecule has 1 aromatic heterocycles.